The number of pyridine rings is 1. The third kappa shape index (κ3) is 4.44. The second-order valence-corrected chi connectivity index (χ2v) is 6.88. The fraction of sp³-hybridized carbons (Fsp3) is 0.444. The molecule has 138 valence electrons. The lowest BCUT2D eigenvalue weighted by Crippen LogP contribution is -2.08. The Kier molecular flexibility index (Phi) is 5.95. The van der Waals surface area contributed by atoms with Crippen molar-refractivity contribution in [3.8, 4) is 17.3 Å². The van der Waals surface area contributed by atoms with Gasteiger partial charge in [0.2, 0.25) is 17.6 Å². The van der Waals surface area contributed by atoms with Crippen LogP contribution in [-0.4, -0.2) is 32.8 Å². The average molecular weight is 374 g/mol. The number of nitrogens with zero attached hydrogens (tertiary/aromatic N) is 4. The fourth-order valence-electron chi connectivity index (χ4n) is 2.38. The first-order valence-electron chi connectivity index (χ1n) is 8.57. The number of thiazole rings is 1. The molecule has 0 amide bonds. The van der Waals surface area contributed by atoms with Crippen molar-refractivity contribution in [2.45, 2.75) is 46.3 Å². The molecule has 3 aromatic heterocycles. The zero-order valence-corrected chi connectivity index (χ0v) is 16.1. The van der Waals surface area contributed by atoms with E-state index in [1.54, 1.807) is 17.5 Å². The van der Waals surface area contributed by atoms with Gasteiger partial charge in [0.1, 0.15) is 11.1 Å². The van der Waals surface area contributed by atoms with E-state index in [2.05, 4.69) is 20.1 Å². The summed E-state index contributed by atoms with van der Waals surface area (Å²) in [5.74, 6) is 1.46. The van der Waals surface area contributed by atoms with Gasteiger partial charge in [0, 0.05) is 18.2 Å². The molecule has 26 heavy (non-hydrogen) atoms. The summed E-state index contributed by atoms with van der Waals surface area (Å²) in [4.78, 5) is 13.3. The molecule has 0 aliphatic carbocycles. The van der Waals surface area contributed by atoms with Crippen molar-refractivity contribution in [2.24, 2.45) is 0 Å². The van der Waals surface area contributed by atoms with E-state index in [9.17, 15) is 0 Å². The van der Waals surface area contributed by atoms with Crippen LogP contribution in [0.15, 0.2) is 28.2 Å². The molecule has 0 fully saturated rings. The van der Waals surface area contributed by atoms with Crippen LogP contribution in [0.3, 0.4) is 0 Å². The van der Waals surface area contributed by atoms with Gasteiger partial charge in [-0.2, -0.15) is 4.98 Å². The standard InChI is InChI=1S/C18H22N4O3S/c1-5-23-12(4)18-20-13(10-26-18)9-15-21-16(22-25-15)14-7-6-8-19-17(14)24-11(2)3/h6-8,10-12H,5,9H2,1-4H3. The highest BCUT2D eigenvalue weighted by Crippen LogP contribution is 2.27. The summed E-state index contributed by atoms with van der Waals surface area (Å²) < 4.78 is 16.7. The summed E-state index contributed by atoms with van der Waals surface area (Å²) >= 11 is 1.57. The van der Waals surface area contributed by atoms with Crippen molar-refractivity contribution in [3.05, 3.63) is 40.3 Å². The molecule has 3 heterocycles. The highest BCUT2D eigenvalue weighted by atomic mass is 32.1. The molecular formula is C18H22N4O3S. The highest BCUT2D eigenvalue weighted by Gasteiger charge is 2.17. The molecule has 0 aliphatic rings. The molecule has 3 aromatic rings. The molecule has 0 spiro atoms. The zero-order chi connectivity index (χ0) is 18.5. The van der Waals surface area contributed by atoms with Crippen molar-refractivity contribution in [1.82, 2.24) is 20.1 Å². The Labute approximate surface area is 156 Å². The minimum Gasteiger partial charge on any atom is -0.474 e. The average Bonchev–Trinajstić information content (AvgIpc) is 3.25. The van der Waals surface area contributed by atoms with Gasteiger partial charge in [0.15, 0.2) is 0 Å². The third-order valence-corrected chi connectivity index (χ3v) is 4.55. The van der Waals surface area contributed by atoms with Gasteiger partial charge in [0.25, 0.3) is 0 Å². The molecule has 7 nitrogen and oxygen atoms in total. The van der Waals surface area contributed by atoms with Gasteiger partial charge >= 0.3 is 0 Å². The molecule has 0 bridgehead atoms. The molecular weight excluding hydrogens is 352 g/mol. The van der Waals surface area contributed by atoms with Gasteiger partial charge in [-0.05, 0) is 39.8 Å². The summed E-state index contributed by atoms with van der Waals surface area (Å²) in [6.45, 7) is 8.53. The predicted octanol–water partition coefficient (Wildman–Crippen LogP) is 4.06. The molecule has 1 unspecified atom stereocenters. The topological polar surface area (TPSA) is 83.2 Å². The van der Waals surface area contributed by atoms with Gasteiger partial charge < -0.3 is 14.0 Å². The number of hydrogen-bond acceptors (Lipinski definition) is 8. The lowest BCUT2D eigenvalue weighted by Gasteiger charge is -2.10. The Morgan fingerprint density at radius 2 is 2.08 bits per heavy atom. The fourth-order valence-corrected chi connectivity index (χ4v) is 3.20. The van der Waals surface area contributed by atoms with Crippen LogP contribution in [0.2, 0.25) is 0 Å². The molecule has 0 saturated heterocycles. The van der Waals surface area contributed by atoms with E-state index in [0.717, 1.165) is 10.7 Å². The first-order chi connectivity index (χ1) is 12.6. The van der Waals surface area contributed by atoms with Gasteiger partial charge in [-0.15, -0.1) is 11.3 Å². The molecule has 8 heteroatoms. The lowest BCUT2D eigenvalue weighted by atomic mass is 10.2. The Balaban J connectivity index is 1.75. The largest absolute Gasteiger partial charge is 0.474 e. The van der Waals surface area contributed by atoms with Crippen molar-refractivity contribution < 1.29 is 14.0 Å². The Bertz CT molecular complexity index is 846. The monoisotopic (exact) mass is 374 g/mol. The van der Waals surface area contributed by atoms with E-state index >= 15 is 0 Å². The Morgan fingerprint density at radius 3 is 2.85 bits per heavy atom. The summed E-state index contributed by atoms with van der Waals surface area (Å²) in [6, 6.07) is 3.68. The first kappa shape index (κ1) is 18.5. The number of ether oxygens (including phenoxy) is 2. The maximum Gasteiger partial charge on any atom is 0.233 e. The van der Waals surface area contributed by atoms with Crippen molar-refractivity contribution in [1.29, 1.82) is 0 Å². The maximum atomic E-state index is 5.72. The van der Waals surface area contributed by atoms with E-state index in [4.69, 9.17) is 14.0 Å². The quantitative estimate of drug-likeness (QED) is 0.588. The van der Waals surface area contributed by atoms with Gasteiger partial charge in [0.05, 0.1) is 23.8 Å². The van der Waals surface area contributed by atoms with E-state index in [-0.39, 0.29) is 12.2 Å². The van der Waals surface area contributed by atoms with Gasteiger partial charge in [-0.1, -0.05) is 5.16 Å². The minimum absolute atomic E-state index is 0.00998. The van der Waals surface area contributed by atoms with Crippen molar-refractivity contribution in [3.63, 3.8) is 0 Å². The molecule has 0 aliphatic heterocycles. The van der Waals surface area contributed by atoms with Gasteiger partial charge in [-0.25, -0.2) is 9.97 Å². The van der Waals surface area contributed by atoms with E-state index in [1.807, 2.05) is 45.2 Å². The molecule has 0 N–H and O–H groups in total. The summed E-state index contributed by atoms with van der Waals surface area (Å²) in [5, 5.41) is 7.00. The van der Waals surface area contributed by atoms with E-state index < -0.39 is 0 Å². The van der Waals surface area contributed by atoms with Crippen molar-refractivity contribution >= 4 is 11.3 Å². The third-order valence-electron chi connectivity index (χ3n) is 3.49. The van der Waals surface area contributed by atoms with E-state index in [1.165, 1.54) is 0 Å². The van der Waals surface area contributed by atoms with Crippen LogP contribution in [0.1, 0.15) is 50.4 Å². The second-order valence-electron chi connectivity index (χ2n) is 5.99. The molecule has 1 atom stereocenters. The van der Waals surface area contributed by atoms with Crippen LogP contribution >= 0.6 is 11.3 Å². The number of aromatic nitrogens is 4. The normalized spacial score (nSPS) is 12.5. The molecule has 0 aromatic carbocycles. The Morgan fingerprint density at radius 1 is 1.23 bits per heavy atom. The zero-order valence-electron chi connectivity index (χ0n) is 15.3. The molecule has 0 radical (unpaired) electrons. The van der Waals surface area contributed by atoms with Crippen LogP contribution in [0.5, 0.6) is 5.88 Å². The highest BCUT2D eigenvalue weighted by molar-refractivity contribution is 7.09. The Hall–Kier alpha value is -2.32. The maximum absolute atomic E-state index is 5.72. The number of rotatable bonds is 8. The summed E-state index contributed by atoms with van der Waals surface area (Å²) in [5.41, 5.74) is 1.59. The lowest BCUT2D eigenvalue weighted by molar-refractivity contribution is 0.0761. The summed E-state index contributed by atoms with van der Waals surface area (Å²) in [7, 11) is 0. The van der Waals surface area contributed by atoms with E-state index in [0.29, 0.717) is 36.2 Å². The minimum atomic E-state index is -0.0110. The smallest absolute Gasteiger partial charge is 0.233 e. The SMILES string of the molecule is CCOC(C)c1nc(Cc2nc(-c3cccnc3OC(C)C)no2)cs1. The van der Waals surface area contributed by atoms with Crippen LogP contribution in [-0.2, 0) is 11.2 Å². The van der Waals surface area contributed by atoms with Crippen LogP contribution in [0.4, 0.5) is 0 Å². The van der Waals surface area contributed by atoms with Crippen LogP contribution in [0.25, 0.3) is 11.4 Å². The molecule has 3 rings (SSSR count). The number of hydrogen-bond donors (Lipinski definition) is 0. The molecule has 0 saturated carbocycles. The van der Waals surface area contributed by atoms with Crippen LogP contribution < -0.4 is 4.74 Å². The first-order valence-corrected chi connectivity index (χ1v) is 9.45. The predicted molar refractivity (Wildman–Crippen MR) is 98.3 cm³/mol. The van der Waals surface area contributed by atoms with Crippen LogP contribution in [0, 0.1) is 0 Å². The van der Waals surface area contributed by atoms with Crippen molar-refractivity contribution in [2.75, 3.05) is 6.61 Å². The summed E-state index contributed by atoms with van der Waals surface area (Å²) in [6.07, 6.45) is 2.15. The van der Waals surface area contributed by atoms with Gasteiger partial charge in [-0.3, -0.25) is 0 Å². The second kappa shape index (κ2) is 8.37.